The maximum absolute atomic E-state index is 12.1. The molecule has 0 saturated heterocycles. The summed E-state index contributed by atoms with van der Waals surface area (Å²) in [5, 5.41) is 12.0. The highest BCUT2D eigenvalue weighted by molar-refractivity contribution is 5.82. The molecule has 4 N–H and O–H groups in total. The van der Waals surface area contributed by atoms with Gasteiger partial charge in [0, 0.05) is 6.04 Å². The van der Waals surface area contributed by atoms with Gasteiger partial charge in [-0.2, -0.15) is 0 Å². The molecule has 3 atom stereocenters. The quantitative estimate of drug-likeness (QED) is 0.762. The predicted octanol–water partition coefficient (Wildman–Crippen LogP) is 1.32. The van der Waals surface area contributed by atoms with Crippen molar-refractivity contribution >= 4 is 11.9 Å². The van der Waals surface area contributed by atoms with E-state index in [1.165, 1.54) is 0 Å². The fourth-order valence-electron chi connectivity index (χ4n) is 2.81. The van der Waals surface area contributed by atoms with E-state index in [0.717, 1.165) is 18.4 Å². The summed E-state index contributed by atoms with van der Waals surface area (Å²) in [7, 11) is 0. The molecule has 0 aliphatic heterocycles. The summed E-state index contributed by atoms with van der Waals surface area (Å²) in [5.41, 5.74) is 6.95. The molecule has 0 aromatic heterocycles. The Labute approximate surface area is 124 Å². The second-order valence-corrected chi connectivity index (χ2v) is 5.70. The first-order valence-corrected chi connectivity index (χ1v) is 7.39. The Bertz CT molecular complexity index is 490. The molecule has 0 spiro atoms. The van der Waals surface area contributed by atoms with Crippen LogP contribution in [0.4, 0.5) is 0 Å². The summed E-state index contributed by atoms with van der Waals surface area (Å²) in [6.07, 6.45) is 3.34. The molecule has 1 aliphatic carbocycles. The lowest BCUT2D eigenvalue weighted by atomic mass is 9.85. The number of nitrogens with two attached hydrogens (primary N) is 1. The van der Waals surface area contributed by atoms with Crippen LogP contribution >= 0.6 is 0 Å². The third-order valence-electron chi connectivity index (χ3n) is 4.01. The highest BCUT2D eigenvalue weighted by atomic mass is 16.4. The number of carbonyl (C=O) groups excluding carboxylic acids is 1. The largest absolute Gasteiger partial charge is 0.481 e. The number of aliphatic carboxylic acids is 1. The van der Waals surface area contributed by atoms with Crippen LogP contribution in [0.2, 0.25) is 0 Å². The van der Waals surface area contributed by atoms with Gasteiger partial charge in [0.2, 0.25) is 5.91 Å². The van der Waals surface area contributed by atoms with Gasteiger partial charge in [-0.1, -0.05) is 36.8 Å². The van der Waals surface area contributed by atoms with E-state index >= 15 is 0 Å². The van der Waals surface area contributed by atoms with Crippen molar-refractivity contribution in [2.75, 3.05) is 0 Å². The van der Waals surface area contributed by atoms with E-state index in [4.69, 9.17) is 10.8 Å². The molecule has 0 heterocycles. The Morgan fingerprint density at radius 3 is 2.67 bits per heavy atom. The number of amides is 1. The first-order valence-electron chi connectivity index (χ1n) is 7.39. The molecule has 0 radical (unpaired) electrons. The molecule has 5 heteroatoms. The Hall–Kier alpha value is -1.88. The topological polar surface area (TPSA) is 92.4 Å². The van der Waals surface area contributed by atoms with E-state index in [2.05, 4.69) is 5.32 Å². The second kappa shape index (κ2) is 7.22. The lowest BCUT2D eigenvalue weighted by Crippen LogP contribution is -2.48. The summed E-state index contributed by atoms with van der Waals surface area (Å²) in [5.74, 6) is -1.33. The lowest BCUT2D eigenvalue weighted by Gasteiger charge is -2.28. The molecular formula is C16H22N2O3. The molecule has 1 aromatic rings. The van der Waals surface area contributed by atoms with Gasteiger partial charge in [0.1, 0.15) is 0 Å². The van der Waals surface area contributed by atoms with Crippen LogP contribution in [0.15, 0.2) is 30.3 Å². The average Bonchev–Trinajstić information content (AvgIpc) is 2.48. The maximum Gasteiger partial charge on any atom is 0.306 e. The van der Waals surface area contributed by atoms with Crippen LogP contribution in [0.25, 0.3) is 0 Å². The zero-order valence-electron chi connectivity index (χ0n) is 12.0. The predicted molar refractivity (Wildman–Crippen MR) is 79.6 cm³/mol. The number of benzene rings is 1. The van der Waals surface area contributed by atoms with Crippen molar-refractivity contribution in [1.82, 2.24) is 5.32 Å². The van der Waals surface area contributed by atoms with E-state index in [1.54, 1.807) is 0 Å². The minimum atomic E-state index is -0.775. The first-order chi connectivity index (χ1) is 10.1. The Kier molecular flexibility index (Phi) is 5.33. The van der Waals surface area contributed by atoms with Gasteiger partial charge < -0.3 is 16.2 Å². The van der Waals surface area contributed by atoms with Crippen LogP contribution < -0.4 is 11.1 Å². The zero-order valence-corrected chi connectivity index (χ0v) is 12.0. The number of carboxylic acid groups (broad SMARTS) is 1. The highest BCUT2D eigenvalue weighted by Crippen LogP contribution is 2.24. The number of rotatable bonds is 5. The Balaban J connectivity index is 1.84. The number of nitrogens with one attached hydrogen (secondary N) is 1. The molecule has 1 amide bonds. The SMILES string of the molecule is NC(Cc1ccccc1)C(=O)NC1CCCC(C(=O)O)C1. The van der Waals surface area contributed by atoms with E-state index < -0.39 is 12.0 Å². The second-order valence-electron chi connectivity index (χ2n) is 5.70. The summed E-state index contributed by atoms with van der Waals surface area (Å²) in [4.78, 5) is 23.1. The van der Waals surface area contributed by atoms with E-state index in [1.807, 2.05) is 30.3 Å². The fourth-order valence-corrected chi connectivity index (χ4v) is 2.81. The van der Waals surface area contributed by atoms with Crippen LogP contribution in [0.3, 0.4) is 0 Å². The molecule has 1 aliphatic rings. The Morgan fingerprint density at radius 2 is 2.00 bits per heavy atom. The molecule has 3 unspecified atom stereocenters. The summed E-state index contributed by atoms with van der Waals surface area (Å²) in [6, 6.07) is 8.95. The van der Waals surface area contributed by atoms with Crippen LogP contribution in [0, 0.1) is 5.92 Å². The van der Waals surface area contributed by atoms with Crippen LogP contribution in [-0.4, -0.2) is 29.1 Å². The fraction of sp³-hybridized carbons (Fsp3) is 0.500. The van der Waals surface area contributed by atoms with Crippen molar-refractivity contribution in [2.45, 2.75) is 44.2 Å². The van der Waals surface area contributed by atoms with E-state index in [0.29, 0.717) is 19.3 Å². The molecule has 1 aromatic carbocycles. The van der Waals surface area contributed by atoms with Crippen molar-refractivity contribution in [3.63, 3.8) is 0 Å². The molecule has 2 rings (SSSR count). The summed E-state index contributed by atoms with van der Waals surface area (Å²) >= 11 is 0. The summed E-state index contributed by atoms with van der Waals surface area (Å²) in [6.45, 7) is 0. The van der Waals surface area contributed by atoms with Gasteiger partial charge in [-0.25, -0.2) is 0 Å². The molecule has 21 heavy (non-hydrogen) atoms. The molecule has 1 fully saturated rings. The Morgan fingerprint density at radius 1 is 1.29 bits per heavy atom. The zero-order chi connectivity index (χ0) is 15.2. The average molecular weight is 290 g/mol. The van der Waals surface area contributed by atoms with Crippen LogP contribution in [0.1, 0.15) is 31.2 Å². The van der Waals surface area contributed by atoms with E-state index in [-0.39, 0.29) is 17.9 Å². The van der Waals surface area contributed by atoms with Crippen molar-refractivity contribution in [3.8, 4) is 0 Å². The smallest absolute Gasteiger partial charge is 0.306 e. The van der Waals surface area contributed by atoms with Crippen molar-refractivity contribution in [3.05, 3.63) is 35.9 Å². The van der Waals surface area contributed by atoms with Gasteiger partial charge in [0.25, 0.3) is 0 Å². The molecule has 1 saturated carbocycles. The van der Waals surface area contributed by atoms with Crippen LogP contribution in [0.5, 0.6) is 0 Å². The van der Waals surface area contributed by atoms with Gasteiger partial charge in [0.15, 0.2) is 0 Å². The van der Waals surface area contributed by atoms with Gasteiger partial charge in [-0.3, -0.25) is 9.59 Å². The van der Waals surface area contributed by atoms with Gasteiger partial charge in [0.05, 0.1) is 12.0 Å². The molecule has 114 valence electrons. The number of hydrogen-bond acceptors (Lipinski definition) is 3. The van der Waals surface area contributed by atoms with Gasteiger partial charge in [-0.05, 0) is 31.2 Å². The third kappa shape index (κ3) is 4.56. The summed E-state index contributed by atoms with van der Waals surface area (Å²) < 4.78 is 0. The number of hydrogen-bond donors (Lipinski definition) is 3. The molecule has 0 bridgehead atoms. The lowest BCUT2D eigenvalue weighted by molar-refractivity contribution is -0.143. The normalized spacial score (nSPS) is 23.3. The van der Waals surface area contributed by atoms with Gasteiger partial charge in [-0.15, -0.1) is 0 Å². The monoisotopic (exact) mass is 290 g/mol. The standard InChI is InChI=1S/C16H22N2O3/c17-14(9-11-5-2-1-3-6-11)15(19)18-13-8-4-7-12(10-13)16(20)21/h1-3,5-6,12-14H,4,7-10,17H2,(H,18,19)(H,20,21). The number of carbonyl (C=O) groups is 2. The molecule has 5 nitrogen and oxygen atoms in total. The van der Waals surface area contributed by atoms with Crippen LogP contribution in [-0.2, 0) is 16.0 Å². The highest BCUT2D eigenvalue weighted by Gasteiger charge is 2.28. The van der Waals surface area contributed by atoms with Crippen molar-refractivity contribution in [1.29, 1.82) is 0 Å². The first kappa shape index (κ1) is 15.5. The van der Waals surface area contributed by atoms with Crippen molar-refractivity contribution < 1.29 is 14.7 Å². The van der Waals surface area contributed by atoms with E-state index in [9.17, 15) is 9.59 Å². The minimum absolute atomic E-state index is 0.0748. The maximum atomic E-state index is 12.1. The van der Waals surface area contributed by atoms with Crippen molar-refractivity contribution in [2.24, 2.45) is 11.7 Å². The third-order valence-corrected chi connectivity index (χ3v) is 4.01. The van der Waals surface area contributed by atoms with Gasteiger partial charge >= 0.3 is 5.97 Å². The molecular weight excluding hydrogens is 268 g/mol. The number of carboxylic acids is 1. The minimum Gasteiger partial charge on any atom is -0.481 e.